The molecule has 128 valence electrons. The maximum atomic E-state index is 12.6. The second-order valence-electron chi connectivity index (χ2n) is 6.53. The summed E-state index contributed by atoms with van der Waals surface area (Å²) in [4.78, 5) is 33.9. The fourth-order valence-corrected chi connectivity index (χ4v) is 3.54. The van der Waals surface area contributed by atoms with Crippen molar-refractivity contribution in [2.24, 2.45) is 0 Å². The summed E-state index contributed by atoms with van der Waals surface area (Å²) in [5.74, 6) is 0.0113. The normalized spacial score (nSPS) is 15.6. The lowest BCUT2D eigenvalue weighted by Crippen LogP contribution is -2.40. The number of nitrogens with zero attached hydrogens (tertiary/aromatic N) is 3. The number of aromatic nitrogens is 3. The molecule has 0 saturated carbocycles. The molecule has 0 spiro atoms. The molecule has 1 aromatic carbocycles. The fourth-order valence-electron chi connectivity index (χ4n) is 3.54. The average Bonchev–Trinajstić information content (AvgIpc) is 2.97. The van der Waals surface area contributed by atoms with Crippen molar-refractivity contribution < 1.29 is 4.79 Å². The van der Waals surface area contributed by atoms with Gasteiger partial charge in [0.05, 0.1) is 16.6 Å². The van der Waals surface area contributed by atoms with E-state index in [0.717, 1.165) is 29.6 Å². The molecule has 1 aliphatic heterocycles. The van der Waals surface area contributed by atoms with E-state index in [1.165, 1.54) is 0 Å². The number of hydrogen-bond acceptors (Lipinski definition) is 3. The fraction of sp³-hybridized carbons (Fsp3) is 0.316. The van der Waals surface area contributed by atoms with Crippen LogP contribution >= 0.6 is 0 Å². The van der Waals surface area contributed by atoms with Gasteiger partial charge in [0.25, 0.3) is 5.91 Å². The standard InChI is InChI=1S/C19H20N4O2/c1-13-6-7-14(12-20-13)18(24)22-10-8-15(9-11-22)23-17-5-3-2-4-16(17)21-19(23)25/h2-7,12,15H,8-11H2,1H3,(H,21,25). The van der Waals surface area contributed by atoms with Gasteiger partial charge in [-0.1, -0.05) is 12.1 Å². The van der Waals surface area contributed by atoms with Crippen LogP contribution in [0.1, 0.15) is 34.9 Å². The zero-order chi connectivity index (χ0) is 17.4. The summed E-state index contributed by atoms with van der Waals surface area (Å²) in [6.45, 7) is 3.19. The van der Waals surface area contributed by atoms with E-state index in [9.17, 15) is 9.59 Å². The molecule has 1 amide bonds. The third-order valence-corrected chi connectivity index (χ3v) is 4.90. The van der Waals surface area contributed by atoms with Gasteiger partial charge in [-0.3, -0.25) is 14.3 Å². The van der Waals surface area contributed by atoms with Crippen molar-refractivity contribution in [1.82, 2.24) is 19.4 Å². The highest BCUT2D eigenvalue weighted by Gasteiger charge is 2.26. The quantitative estimate of drug-likeness (QED) is 0.782. The molecule has 1 saturated heterocycles. The van der Waals surface area contributed by atoms with E-state index in [1.807, 2.05) is 52.8 Å². The number of imidazole rings is 1. The predicted molar refractivity (Wildman–Crippen MR) is 95.7 cm³/mol. The lowest BCUT2D eigenvalue weighted by Gasteiger charge is -2.32. The Morgan fingerprint density at radius 3 is 2.64 bits per heavy atom. The SMILES string of the molecule is Cc1ccc(C(=O)N2CCC(n3c(=O)[nH]c4ccccc43)CC2)cn1. The number of H-pyrrole nitrogens is 1. The van der Waals surface area contributed by atoms with Crippen molar-refractivity contribution in [3.63, 3.8) is 0 Å². The van der Waals surface area contributed by atoms with E-state index in [0.29, 0.717) is 18.7 Å². The monoisotopic (exact) mass is 336 g/mol. The van der Waals surface area contributed by atoms with Crippen molar-refractivity contribution in [3.05, 3.63) is 64.3 Å². The zero-order valence-corrected chi connectivity index (χ0v) is 14.1. The molecule has 1 N–H and O–H groups in total. The number of benzene rings is 1. The van der Waals surface area contributed by atoms with Crippen LogP contribution in [0.2, 0.25) is 0 Å². The Kier molecular flexibility index (Phi) is 3.87. The largest absolute Gasteiger partial charge is 0.338 e. The Morgan fingerprint density at radius 1 is 1.16 bits per heavy atom. The summed E-state index contributed by atoms with van der Waals surface area (Å²) >= 11 is 0. The van der Waals surface area contributed by atoms with E-state index in [4.69, 9.17) is 0 Å². The van der Waals surface area contributed by atoms with Gasteiger partial charge in [-0.2, -0.15) is 0 Å². The minimum atomic E-state index is -0.0753. The van der Waals surface area contributed by atoms with Crippen molar-refractivity contribution in [2.45, 2.75) is 25.8 Å². The summed E-state index contributed by atoms with van der Waals surface area (Å²) in [6, 6.07) is 11.5. The molecular weight excluding hydrogens is 316 g/mol. The van der Waals surface area contributed by atoms with Crippen LogP contribution in [-0.2, 0) is 0 Å². The molecule has 0 unspecified atom stereocenters. The van der Waals surface area contributed by atoms with Crippen molar-refractivity contribution in [1.29, 1.82) is 0 Å². The van der Waals surface area contributed by atoms with E-state index in [2.05, 4.69) is 9.97 Å². The number of carbonyl (C=O) groups excluding carboxylic acids is 1. The number of aromatic amines is 1. The highest BCUT2D eigenvalue weighted by Crippen LogP contribution is 2.25. The molecule has 1 aliphatic rings. The van der Waals surface area contributed by atoms with Gasteiger partial charge >= 0.3 is 5.69 Å². The number of para-hydroxylation sites is 2. The second-order valence-corrected chi connectivity index (χ2v) is 6.53. The first-order chi connectivity index (χ1) is 12.1. The number of carbonyl (C=O) groups is 1. The predicted octanol–water partition coefficient (Wildman–Crippen LogP) is 2.51. The first-order valence-corrected chi connectivity index (χ1v) is 8.54. The number of hydrogen-bond donors (Lipinski definition) is 1. The lowest BCUT2D eigenvalue weighted by atomic mass is 10.0. The Bertz CT molecular complexity index is 963. The number of likely N-dealkylation sites (tertiary alicyclic amines) is 1. The number of piperidine rings is 1. The number of rotatable bonds is 2. The summed E-state index contributed by atoms with van der Waals surface area (Å²) < 4.78 is 1.84. The number of nitrogens with one attached hydrogen (secondary N) is 1. The highest BCUT2D eigenvalue weighted by atomic mass is 16.2. The van der Waals surface area contributed by atoms with E-state index in [1.54, 1.807) is 6.20 Å². The zero-order valence-electron chi connectivity index (χ0n) is 14.1. The number of fused-ring (bicyclic) bond motifs is 1. The van der Waals surface area contributed by atoms with Crippen molar-refractivity contribution in [3.8, 4) is 0 Å². The molecule has 6 nitrogen and oxygen atoms in total. The molecule has 6 heteroatoms. The van der Waals surface area contributed by atoms with Crippen LogP contribution in [0.5, 0.6) is 0 Å². The van der Waals surface area contributed by atoms with Crippen molar-refractivity contribution in [2.75, 3.05) is 13.1 Å². The molecule has 0 radical (unpaired) electrons. The van der Waals surface area contributed by atoms with Gasteiger partial charge in [0, 0.05) is 31.0 Å². The molecule has 0 aliphatic carbocycles. The van der Waals surface area contributed by atoms with Gasteiger partial charge in [0.15, 0.2) is 0 Å². The Labute approximate surface area is 145 Å². The van der Waals surface area contributed by atoms with Crippen LogP contribution in [0, 0.1) is 6.92 Å². The molecule has 3 heterocycles. The molecule has 1 fully saturated rings. The van der Waals surface area contributed by atoms with Gasteiger partial charge < -0.3 is 9.88 Å². The average molecular weight is 336 g/mol. The lowest BCUT2D eigenvalue weighted by molar-refractivity contribution is 0.0694. The number of amides is 1. The molecule has 0 atom stereocenters. The maximum Gasteiger partial charge on any atom is 0.326 e. The maximum absolute atomic E-state index is 12.6. The summed E-state index contributed by atoms with van der Waals surface area (Å²) in [5, 5.41) is 0. The first-order valence-electron chi connectivity index (χ1n) is 8.54. The highest BCUT2D eigenvalue weighted by molar-refractivity contribution is 5.94. The minimum Gasteiger partial charge on any atom is -0.338 e. The summed E-state index contributed by atoms with van der Waals surface area (Å²) in [7, 11) is 0. The number of pyridine rings is 1. The molecule has 4 rings (SSSR count). The Hall–Kier alpha value is -2.89. The van der Waals surface area contributed by atoms with E-state index in [-0.39, 0.29) is 17.6 Å². The third kappa shape index (κ3) is 2.84. The topological polar surface area (TPSA) is 71.0 Å². The minimum absolute atomic E-state index is 0.0113. The van der Waals surface area contributed by atoms with Gasteiger partial charge in [-0.15, -0.1) is 0 Å². The van der Waals surface area contributed by atoms with Crippen molar-refractivity contribution >= 4 is 16.9 Å². The van der Waals surface area contributed by atoms with Crippen LogP contribution in [0.15, 0.2) is 47.4 Å². The van der Waals surface area contributed by atoms with E-state index < -0.39 is 0 Å². The van der Waals surface area contributed by atoms with Crippen LogP contribution in [0.25, 0.3) is 11.0 Å². The van der Waals surface area contributed by atoms with Gasteiger partial charge in [-0.05, 0) is 44.0 Å². The molecule has 2 aromatic heterocycles. The van der Waals surface area contributed by atoms with Crippen LogP contribution < -0.4 is 5.69 Å². The molecule has 3 aromatic rings. The van der Waals surface area contributed by atoms with Gasteiger partial charge in [0.2, 0.25) is 0 Å². The smallest absolute Gasteiger partial charge is 0.326 e. The van der Waals surface area contributed by atoms with Crippen LogP contribution in [0.4, 0.5) is 0 Å². The van der Waals surface area contributed by atoms with Gasteiger partial charge in [-0.25, -0.2) is 4.79 Å². The van der Waals surface area contributed by atoms with Crippen LogP contribution in [-0.4, -0.2) is 38.4 Å². The molecule has 25 heavy (non-hydrogen) atoms. The van der Waals surface area contributed by atoms with E-state index >= 15 is 0 Å². The summed E-state index contributed by atoms with van der Waals surface area (Å²) in [5.41, 5.74) is 3.23. The second kappa shape index (κ2) is 6.20. The van der Waals surface area contributed by atoms with Gasteiger partial charge in [0.1, 0.15) is 0 Å². The molecular formula is C19H20N4O2. The molecule has 0 bridgehead atoms. The first kappa shape index (κ1) is 15.6. The number of aryl methyl sites for hydroxylation is 1. The summed E-state index contributed by atoms with van der Waals surface area (Å²) in [6.07, 6.45) is 3.17. The third-order valence-electron chi connectivity index (χ3n) is 4.90. The van der Waals surface area contributed by atoms with Crippen LogP contribution in [0.3, 0.4) is 0 Å². The Balaban J connectivity index is 1.51. The Morgan fingerprint density at radius 2 is 1.92 bits per heavy atom.